The van der Waals surface area contributed by atoms with Gasteiger partial charge in [0.25, 0.3) is 0 Å². The van der Waals surface area contributed by atoms with E-state index in [0.29, 0.717) is 19.4 Å². The minimum Gasteiger partial charge on any atom is -0.385 e. The van der Waals surface area contributed by atoms with Crippen molar-refractivity contribution < 1.29 is 9.84 Å². The molecular formula is C16H19NO2. The van der Waals surface area contributed by atoms with Crippen LogP contribution in [0.1, 0.15) is 31.7 Å². The van der Waals surface area contributed by atoms with Crippen LogP contribution < -0.4 is 0 Å². The van der Waals surface area contributed by atoms with E-state index in [4.69, 9.17) is 4.74 Å². The number of hydrogen-bond donors (Lipinski definition) is 1. The first-order chi connectivity index (χ1) is 9.23. The molecule has 1 aliphatic heterocycles. The van der Waals surface area contributed by atoms with Crippen molar-refractivity contribution in [3.8, 4) is 0 Å². The van der Waals surface area contributed by atoms with Crippen molar-refractivity contribution in [1.29, 1.82) is 0 Å². The van der Waals surface area contributed by atoms with Crippen LogP contribution in [-0.4, -0.2) is 22.8 Å². The van der Waals surface area contributed by atoms with Gasteiger partial charge in [-0.3, -0.25) is 4.98 Å². The highest BCUT2D eigenvalue weighted by Gasteiger charge is 2.36. The molecular weight excluding hydrogens is 238 g/mol. The Labute approximate surface area is 113 Å². The number of rotatable bonds is 2. The van der Waals surface area contributed by atoms with Gasteiger partial charge in [-0.1, -0.05) is 25.1 Å². The number of aliphatic hydroxyl groups is 1. The van der Waals surface area contributed by atoms with Gasteiger partial charge in [0.05, 0.1) is 18.3 Å². The van der Waals surface area contributed by atoms with Gasteiger partial charge in [-0.25, -0.2) is 0 Å². The molecule has 1 aromatic heterocycles. The summed E-state index contributed by atoms with van der Waals surface area (Å²) in [6.07, 6.45) is 6.03. The first-order valence-electron chi connectivity index (χ1n) is 6.90. The monoisotopic (exact) mass is 257 g/mol. The Balaban J connectivity index is 2.07. The first kappa shape index (κ1) is 12.6. The minimum atomic E-state index is -0.790. The van der Waals surface area contributed by atoms with Crippen molar-refractivity contribution in [2.45, 2.75) is 37.9 Å². The number of nitrogens with zero attached hydrogens (tertiary/aromatic N) is 1. The van der Waals surface area contributed by atoms with Crippen LogP contribution in [0.25, 0.3) is 10.8 Å². The third kappa shape index (κ3) is 2.24. The van der Waals surface area contributed by atoms with Crippen LogP contribution >= 0.6 is 0 Å². The fraction of sp³-hybridized carbons (Fsp3) is 0.438. The molecule has 2 unspecified atom stereocenters. The second-order valence-electron chi connectivity index (χ2n) is 5.29. The number of aromatic nitrogens is 1. The Bertz CT molecular complexity index is 578. The van der Waals surface area contributed by atoms with Gasteiger partial charge in [0.15, 0.2) is 0 Å². The molecule has 1 aromatic carbocycles. The summed E-state index contributed by atoms with van der Waals surface area (Å²) >= 11 is 0. The van der Waals surface area contributed by atoms with Crippen molar-refractivity contribution in [3.63, 3.8) is 0 Å². The summed E-state index contributed by atoms with van der Waals surface area (Å²) in [7, 11) is 0. The zero-order valence-electron chi connectivity index (χ0n) is 11.2. The minimum absolute atomic E-state index is 0.144. The van der Waals surface area contributed by atoms with Crippen LogP contribution in [0.5, 0.6) is 0 Å². The van der Waals surface area contributed by atoms with E-state index in [-0.39, 0.29) is 6.10 Å². The largest absolute Gasteiger partial charge is 0.385 e. The third-order valence-corrected chi connectivity index (χ3v) is 4.07. The van der Waals surface area contributed by atoms with Gasteiger partial charge < -0.3 is 9.84 Å². The standard InChI is InChI=1S/C16H19NO2/c1-2-13-10-16(18,7-9-19-13)15-5-3-4-12-6-8-17-11-14(12)15/h3-6,8,11,13,18H,2,7,9-10H2,1H3. The van der Waals surface area contributed by atoms with Crippen molar-refractivity contribution in [2.75, 3.05) is 6.61 Å². The van der Waals surface area contributed by atoms with Gasteiger partial charge in [0.2, 0.25) is 0 Å². The summed E-state index contributed by atoms with van der Waals surface area (Å²) in [6.45, 7) is 2.71. The summed E-state index contributed by atoms with van der Waals surface area (Å²) in [6, 6.07) is 8.06. The maximum Gasteiger partial charge on any atom is 0.0949 e. The molecule has 0 bridgehead atoms. The van der Waals surface area contributed by atoms with Gasteiger partial charge in [-0.15, -0.1) is 0 Å². The van der Waals surface area contributed by atoms with Crippen LogP contribution in [0, 0.1) is 0 Å². The fourth-order valence-electron chi connectivity index (χ4n) is 2.96. The van der Waals surface area contributed by atoms with E-state index in [1.807, 2.05) is 24.4 Å². The molecule has 3 nitrogen and oxygen atoms in total. The maximum atomic E-state index is 11.0. The smallest absolute Gasteiger partial charge is 0.0949 e. The number of benzene rings is 1. The van der Waals surface area contributed by atoms with Crippen molar-refractivity contribution >= 4 is 10.8 Å². The molecule has 0 amide bonds. The van der Waals surface area contributed by atoms with Crippen molar-refractivity contribution in [2.24, 2.45) is 0 Å². The molecule has 3 rings (SSSR count). The van der Waals surface area contributed by atoms with E-state index in [1.54, 1.807) is 6.20 Å². The topological polar surface area (TPSA) is 42.4 Å². The molecule has 19 heavy (non-hydrogen) atoms. The molecule has 2 atom stereocenters. The number of pyridine rings is 1. The van der Waals surface area contributed by atoms with Crippen molar-refractivity contribution in [1.82, 2.24) is 4.98 Å². The maximum absolute atomic E-state index is 11.0. The summed E-state index contributed by atoms with van der Waals surface area (Å²) in [5.41, 5.74) is 0.196. The molecule has 0 spiro atoms. The van der Waals surface area contributed by atoms with E-state index in [0.717, 1.165) is 22.8 Å². The highest BCUT2D eigenvalue weighted by molar-refractivity contribution is 5.85. The van der Waals surface area contributed by atoms with Gasteiger partial charge in [0.1, 0.15) is 0 Å². The van der Waals surface area contributed by atoms with Crippen LogP contribution in [-0.2, 0) is 10.3 Å². The Kier molecular flexibility index (Phi) is 3.25. The van der Waals surface area contributed by atoms with E-state index in [9.17, 15) is 5.11 Å². The lowest BCUT2D eigenvalue weighted by atomic mass is 9.81. The van der Waals surface area contributed by atoms with Crippen LogP contribution in [0.15, 0.2) is 36.7 Å². The Hall–Kier alpha value is -1.45. The molecule has 1 N–H and O–H groups in total. The molecule has 0 aliphatic carbocycles. The average Bonchev–Trinajstić information content (AvgIpc) is 2.46. The summed E-state index contributed by atoms with van der Waals surface area (Å²) in [5, 5.41) is 13.2. The van der Waals surface area contributed by atoms with Gasteiger partial charge in [0, 0.05) is 30.6 Å². The lowest BCUT2D eigenvalue weighted by Gasteiger charge is -2.37. The Morgan fingerprint density at radius 1 is 1.42 bits per heavy atom. The molecule has 3 heteroatoms. The second kappa shape index (κ2) is 4.91. The summed E-state index contributed by atoms with van der Waals surface area (Å²) < 4.78 is 5.68. The van der Waals surface area contributed by atoms with Gasteiger partial charge >= 0.3 is 0 Å². The number of hydrogen-bond acceptors (Lipinski definition) is 3. The van der Waals surface area contributed by atoms with E-state index < -0.39 is 5.60 Å². The third-order valence-electron chi connectivity index (χ3n) is 4.07. The summed E-state index contributed by atoms with van der Waals surface area (Å²) in [4.78, 5) is 4.20. The van der Waals surface area contributed by atoms with Crippen LogP contribution in [0.2, 0.25) is 0 Å². The zero-order valence-corrected chi connectivity index (χ0v) is 11.2. The van der Waals surface area contributed by atoms with Crippen LogP contribution in [0.4, 0.5) is 0 Å². The predicted molar refractivity (Wildman–Crippen MR) is 74.9 cm³/mol. The second-order valence-corrected chi connectivity index (χ2v) is 5.29. The molecule has 100 valence electrons. The molecule has 0 saturated carbocycles. The Morgan fingerprint density at radius 2 is 2.32 bits per heavy atom. The average molecular weight is 257 g/mol. The number of fused-ring (bicyclic) bond motifs is 1. The molecule has 1 saturated heterocycles. The lowest BCUT2D eigenvalue weighted by Crippen LogP contribution is -2.38. The molecule has 2 heterocycles. The van der Waals surface area contributed by atoms with E-state index in [2.05, 4.69) is 18.0 Å². The first-order valence-corrected chi connectivity index (χ1v) is 6.90. The number of ether oxygens (including phenoxy) is 1. The Morgan fingerprint density at radius 3 is 3.16 bits per heavy atom. The predicted octanol–water partition coefficient (Wildman–Crippen LogP) is 3.01. The SMILES string of the molecule is CCC1CC(O)(c2cccc3ccncc23)CCO1. The molecule has 1 aliphatic rings. The van der Waals surface area contributed by atoms with E-state index >= 15 is 0 Å². The zero-order chi connectivity index (χ0) is 13.3. The van der Waals surface area contributed by atoms with Crippen molar-refractivity contribution in [3.05, 3.63) is 42.2 Å². The summed E-state index contributed by atoms with van der Waals surface area (Å²) in [5.74, 6) is 0. The highest BCUT2D eigenvalue weighted by atomic mass is 16.5. The van der Waals surface area contributed by atoms with E-state index in [1.165, 1.54) is 0 Å². The normalized spacial score (nSPS) is 27.6. The van der Waals surface area contributed by atoms with Gasteiger partial charge in [-0.2, -0.15) is 0 Å². The van der Waals surface area contributed by atoms with Gasteiger partial charge in [-0.05, 0) is 23.4 Å². The molecule has 0 radical (unpaired) electrons. The lowest BCUT2D eigenvalue weighted by molar-refractivity contribution is -0.107. The quantitative estimate of drug-likeness (QED) is 0.899. The molecule has 1 fully saturated rings. The van der Waals surface area contributed by atoms with Crippen LogP contribution in [0.3, 0.4) is 0 Å². The molecule has 2 aromatic rings. The highest BCUT2D eigenvalue weighted by Crippen LogP contribution is 2.38. The fourth-order valence-corrected chi connectivity index (χ4v) is 2.96.